The largest absolute Gasteiger partial charge is 0.496 e. The van der Waals surface area contributed by atoms with Crippen molar-refractivity contribution in [1.29, 1.82) is 0 Å². The summed E-state index contributed by atoms with van der Waals surface area (Å²) in [5.74, 6) is 0.763. The number of aromatic nitrogens is 1. The third kappa shape index (κ3) is 1.74. The molecule has 0 N–H and O–H groups in total. The summed E-state index contributed by atoms with van der Waals surface area (Å²) >= 11 is 0. The number of carbonyl (C=O) groups is 1. The molecule has 2 rings (SSSR count). The molecular weight excluding hydrogens is 194 g/mol. The minimum atomic E-state index is 0.0657. The summed E-state index contributed by atoms with van der Waals surface area (Å²) in [5, 5.41) is 0. The fourth-order valence-electron chi connectivity index (χ4n) is 1.32. The topological polar surface area (TPSA) is 52.3 Å². The van der Waals surface area contributed by atoms with Gasteiger partial charge in [-0.05, 0) is 12.1 Å². The molecule has 0 fully saturated rings. The fourth-order valence-corrected chi connectivity index (χ4v) is 1.32. The van der Waals surface area contributed by atoms with Crippen LogP contribution in [0.2, 0.25) is 0 Å². The molecule has 0 saturated carbocycles. The quantitative estimate of drug-likeness (QED) is 0.717. The predicted molar refractivity (Wildman–Crippen MR) is 53.9 cm³/mol. The summed E-state index contributed by atoms with van der Waals surface area (Å²) in [4.78, 5) is 14.4. The summed E-state index contributed by atoms with van der Waals surface area (Å²) < 4.78 is 10.1. The molecule has 0 atom stereocenters. The lowest BCUT2D eigenvalue weighted by atomic mass is 10.1. The number of hydrogen-bond acceptors (Lipinski definition) is 4. The maximum absolute atomic E-state index is 10.4. The Morgan fingerprint density at radius 3 is 2.87 bits per heavy atom. The van der Waals surface area contributed by atoms with Crippen LogP contribution in [-0.4, -0.2) is 18.4 Å². The standard InChI is InChI=1S/C11H9NO3/c1-14-10-5-3-2-4-8(10)9-7-15-11(6-13)12-9/h2-7H,1H3. The molecule has 0 radical (unpaired) electrons. The summed E-state index contributed by atoms with van der Waals surface area (Å²) in [6, 6.07) is 7.41. The lowest BCUT2D eigenvalue weighted by Gasteiger charge is -2.03. The van der Waals surface area contributed by atoms with E-state index < -0.39 is 0 Å². The van der Waals surface area contributed by atoms with E-state index in [2.05, 4.69) is 4.98 Å². The van der Waals surface area contributed by atoms with E-state index in [0.29, 0.717) is 17.7 Å². The number of nitrogens with zero attached hydrogens (tertiary/aromatic N) is 1. The smallest absolute Gasteiger partial charge is 0.260 e. The van der Waals surface area contributed by atoms with Gasteiger partial charge in [-0.25, -0.2) is 4.98 Å². The van der Waals surface area contributed by atoms with Crippen LogP contribution in [0.3, 0.4) is 0 Å². The molecule has 15 heavy (non-hydrogen) atoms. The van der Waals surface area contributed by atoms with E-state index in [-0.39, 0.29) is 5.89 Å². The number of benzene rings is 1. The Labute approximate surface area is 86.5 Å². The molecule has 0 aliphatic carbocycles. The Bertz CT molecular complexity index is 476. The molecule has 0 spiro atoms. The molecule has 2 aromatic rings. The van der Waals surface area contributed by atoms with Crippen molar-refractivity contribution >= 4 is 6.29 Å². The Morgan fingerprint density at radius 1 is 1.40 bits per heavy atom. The number of oxazole rings is 1. The van der Waals surface area contributed by atoms with Gasteiger partial charge >= 0.3 is 0 Å². The number of aldehydes is 1. The minimum Gasteiger partial charge on any atom is -0.496 e. The highest BCUT2D eigenvalue weighted by Gasteiger charge is 2.09. The van der Waals surface area contributed by atoms with E-state index >= 15 is 0 Å². The van der Waals surface area contributed by atoms with Crippen molar-refractivity contribution in [2.75, 3.05) is 7.11 Å². The maximum Gasteiger partial charge on any atom is 0.260 e. The number of rotatable bonds is 3. The highest BCUT2D eigenvalue weighted by atomic mass is 16.5. The van der Waals surface area contributed by atoms with Crippen LogP contribution in [0.5, 0.6) is 5.75 Å². The zero-order valence-electron chi connectivity index (χ0n) is 8.14. The average molecular weight is 203 g/mol. The first-order chi connectivity index (χ1) is 7.35. The molecule has 0 saturated heterocycles. The molecule has 76 valence electrons. The normalized spacial score (nSPS) is 9.93. The second-order valence-electron chi connectivity index (χ2n) is 2.89. The second kappa shape index (κ2) is 3.96. The van der Waals surface area contributed by atoms with Crippen molar-refractivity contribution in [3.8, 4) is 17.0 Å². The molecule has 0 bridgehead atoms. The average Bonchev–Trinajstić information content (AvgIpc) is 2.77. The third-order valence-electron chi connectivity index (χ3n) is 2.01. The van der Waals surface area contributed by atoms with Gasteiger partial charge in [0.2, 0.25) is 6.29 Å². The predicted octanol–water partition coefficient (Wildman–Crippen LogP) is 2.16. The van der Waals surface area contributed by atoms with Gasteiger partial charge in [-0.1, -0.05) is 12.1 Å². The van der Waals surface area contributed by atoms with Crippen molar-refractivity contribution in [3.63, 3.8) is 0 Å². The molecule has 0 amide bonds. The van der Waals surface area contributed by atoms with E-state index in [1.807, 2.05) is 24.3 Å². The van der Waals surface area contributed by atoms with Crippen LogP contribution in [0, 0.1) is 0 Å². The van der Waals surface area contributed by atoms with E-state index in [1.165, 1.54) is 6.26 Å². The number of ether oxygens (including phenoxy) is 1. The highest BCUT2D eigenvalue weighted by Crippen LogP contribution is 2.28. The summed E-state index contributed by atoms with van der Waals surface area (Å²) in [6.45, 7) is 0. The Kier molecular flexibility index (Phi) is 2.49. The van der Waals surface area contributed by atoms with Gasteiger partial charge < -0.3 is 9.15 Å². The van der Waals surface area contributed by atoms with Gasteiger partial charge in [0.05, 0.1) is 7.11 Å². The van der Waals surface area contributed by atoms with Gasteiger partial charge in [-0.2, -0.15) is 0 Å². The van der Waals surface area contributed by atoms with E-state index in [1.54, 1.807) is 7.11 Å². The number of carbonyl (C=O) groups excluding carboxylic acids is 1. The van der Waals surface area contributed by atoms with Gasteiger partial charge in [0.1, 0.15) is 17.7 Å². The van der Waals surface area contributed by atoms with E-state index in [4.69, 9.17) is 9.15 Å². The number of para-hydroxylation sites is 1. The van der Waals surface area contributed by atoms with E-state index in [9.17, 15) is 4.79 Å². The molecule has 0 aliphatic rings. The molecule has 1 aromatic heterocycles. The van der Waals surface area contributed by atoms with E-state index in [0.717, 1.165) is 5.56 Å². The second-order valence-corrected chi connectivity index (χ2v) is 2.89. The monoisotopic (exact) mass is 203 g/mol. The van der Waals surface area contributed by atoms with Gasteiger partial charge in [-0.3, -0.25) is 4.79 Å². The number of hydrogen-bond donors (Lipinski definition) is 0. The van der Waals surface area contributed by atoms with Crippen LogP contribution < -0.4 is 4.74 Å². The Hall–Kier alpha value is -2.10. The lowest BCUT2D eigenvalue weighted by Crippen LogP contribution is -1.87. The first-order valence-electron chi connectivity index (χ1n) is 4.39. The summed E-state index contributed by atoms with van der Waals surface area (Å²) in [5.41, 5.74) is 1.39. The number of methoxy groups -OCH3 is 1. The fraction of sp³-hybridized carbons (Fsp3) is 0.0909. The maximum atomic E-state index is 10.4. The third-order valence-corrected chi connectivity index (χ3v) is 2.01. The van der Waals surface area contributed by atoms with Crippen LogP contribution in [-0.2, 0) is 0 Å². The molecule has 1 heterocycles. The molecular formula is C11H9NO3. The first-order valence-corrected chi connectivity index (χ1v) is 4.39. The van der Waals surface area contributed by atoms with Gasteiger partial charge in [0.25, 0.3) is 5.89 Å². The molecule has 1 aromatic carbocycles. The molecule has 0 aliphatic heterocycles. The first kappa shape index (κ1) is 9.45. The molecule has 4 nitrogen and oxygen atoms in total. The summed E-state index contributed by atoms with van der Waals surface area (Å²) in [7, 11) is 1.58. The van der Waals surface area contributed by atoms with Crippen LogP contribution in [0.15, 0.2) is 34.9 Å². The zero-order valence-corrected chi connectivity index (χ0v) is 8.14. The van der Waals surface area contributed by atoms with Crippen LogP contribution in [0.25, 0.3) is 11.3 Å². The minimum absolute atomic E-state index is 0.0657. The lowest BCUT2D eigenvalue weighted by molar-refractivity contribution is 0.109. The summed E-state index contributed by atoms with van der Waals surface area (Å²) in [6.07, 6.45) is 2.00. The van der Waals surface area contributed by atoms with Crippen molar-refractivity contribution < 1.29 is 13.9 Å². The van der Waals surface area contributed by atoms with Crippen LogP contribution in [0.4, 0.5) is 0 Å². The van der Waals surface area contributed by atoms with Crippen molar-refractivity contribution in [2.24, 2.45) is 0 Å². The Morgan fingerprint density at radius 2 is 2.20 bits per heavy atom. The zero-order chi connectivity index (χ0) is 10.7. The van der Waals surface area contributed by atoms with Crippen LogP contribution >= 0.6 is 0 Å². The Balaban J connectivity index is 2.48. The van der Waals surface area contributed by atoms with Crippen molar-refractivity contribution in [3.05, 3.63) is 36.4 Å². The van der Waals surface area contributed by atoms with Crippen LogP contribution in [0.1, 0.15) is 10.7 Å². The molecule has 0 unspecified atom stereocenters. The molecule has 4 heteroatoms. The van der Waals surface area contributed by atoms with Gasteiger partial charge in [0, 0.05) is 5.56 Å². The highest BCUT2D eigenvalue weighted by molar-refractivity contribution is 5.72. The van der Waals surface area contributed by atoms with Crippen molar-refractivity contribution in [2.45, 2.75) is 0 Å². The van der Waals surface area contributed by atoms with Gasteiger partial charge in [-0.15, -0.1) is 0 Å². The van der Waals surface area contributed by atoms with Crippen molar-refractivity contribution in [1.82, 2.24) is 4.98 Å². The van der Waals surface area contributed by atoms with Gasteiger partial charge in [0.15, 0.2) is 0 Å². The SMILES string of the molecule is COc1ccccc1-c1coc(C=O)n1.